The SMILES string of the molecule is CCOC(=O)CCNC(=O)[C@H]1C[C@H](Cc2ccc3c(n2)N(C(=O)OC(C)(C)C)CCC3)C1. The molecule has 8 heteroatoms. The molecule has 176 valence electrons. The van der Waals surface area contributed by atoms with E-state index in [1.54, 1.807) is 11.8 Å². The van der Waals surface area contributed by atoms with Crippen molar-refractivity contribution in [1.82, 2.24) is 10.3 Å². The number of aryl methyl sites for hydroxylation is 1. The van der Waals surface area contributed by atoms with Crippen molar-refractivity contribution in [2.24, 2.45) is 11.8 Å². The molecule has 8 nitrogen and oxygen atoms in total. The minimum atomic E-state index is -0.551. The van der Waals surface area contributed by atoms with Crippen molar-refractivity contribution in [1.29, 1.82) is 0 Å². The molecule has 0 aromatic carbocycles. The lowest BCUT2D eigenvalue weighted by Crippen LogP contribution is -2.41. The predicted molar refractivity (Wildman–Crippen MR) is 120 cm³/mol. The third-order valence-electron chi connectivity index (χ3n) is 5.75. The van der Waals surface area contributed by atoms with Gasteiger partial charge in [-0.2, -0.15) is 0 Å². The molecular weight excluding hydrogens is 410 g/mol. The van der Waals surface area contributed by atoms with Crippen LogP contribution >= 0.6 is 0 Å². The van der Waals surface area contributed by atoms with Crippen LogP contribution in [0.25, 0.3) is 0 Å². The summed E-state index contributed by atoms with van der Waals surface area (Å²) in [5, 5.41) is 2.82. The van der Waals surface area contributed by atoms with Crippen LogP contribution in [-0.4, -0.2) is 48.3 Å². The van der Waals surface area contributed by atoms with Gasteiger partial charge in [-0.15, -0.1) is 0 Å². The van der Waals surface area contributed by atoms with Crippen molar-refractivity contribution in [3.63, 3.8) is 0 Å². The molecule has 2 aliphatic rings. The number of hydrogen-bond donors (Lipinski definition) is 1. The van der Waals surface area contributed by atoms with Crippen LogP contribution in [0.5, 0.6) is 0 Å². The van der Waals surface area contributed by atoms with Gasteiger partial charge in [-0.05, 0) is 77.3 Å². The van der Waals surface area contributed by atoms with Crippen molar-refractivity contribution in [2.75, 3.05) is 24.6 Å². The summed E-state index contributed by atoms with van der Waals surface area (Å²) in [7, 11) is 0. The highest BCUT2D eigenvalue weighted by molar-refractivity contribution is 5.88. The monoisotopic (exact) mass is 445 g/mol. The van der Waals surface area contributed by atoms with Gasteiger partial charge in [-0.25, -0.2) is 9.78 Å². The van der Waals surface area contributed by atoms with E-state index >= 15 is 0 Å². The molecular formula is C24H35N3O5. The maximum Gasteiger partial charge on any atom is 0.416 e. The van der Waals surface area contributed by atoms with Gasteiger partial charge in [0.05, 0.1) is 13.0 Å². The van der Waals surface area contributed by atoms with E-state index in [1.807, 2.05) is 26.8 Å². The fraction of sp³-hybridized carbons (Fsp3) is 0.667. The largest absolute Gasteiger partial charge is 0.466 e. The summed E-state index contributed by atoms with van der Waals surface area (Å²) in [6.07, 6.45) is 4.03. The second kappa shape index (κ2) is 10.3. The summed E-state index contributed by atoms with van der Waals surface area (Å²) in [6.45, 7) is 8.61. The van der Waals surface area contributed by atoms with Gasteiger partial charge in [0.25, 0.3) is 0 Å². The zero-order valence-electron chi connectivity index (χ0n) is 19.6. The third-order valence-corrected chi connectivity index (χ3v) is 5.75. The van der Waals surface area contributed by atoms with Gasteiger partial charge in [0.15, 0.2) is 0 Å². The molecule has 0 bridgehead atoms. The molecule has 3 rings (SSSR count). The molecule has 2 amide bonds. The Morgan fingerprint density at radius 3 is 2.66 bits per heavy atom. The van der Waals surface area contributed by atoms with E-state index in [0.29, 0.717) is 31.4 Å². The van der Waals surface area contributed by atoms with Gasteiger partial charge in [0, 0.05) is 24.7 Å². The van der Waals surface area contributed by atoms with Gasteiger partial charge in [0.2, 0.25) is 5.91 Å². The van der Waals surface area contributed by atoms with Crippen molar-refractivity contribution < 1.29 is 23.9 Å². The summed E-state index contributed by atoms with van der Waals surface area (Å²) >= 11 is 0. The Balaban J connectivity index is 1.51. The fourth-order valence-corrected chi connectivity index (χ4v) is 4.16. The smallest absolute Gasteiger partial charge is 0.416 e. The first kappa shape index (κ1) is 24.0. The Labute approximate surface area is 190 Å². The number of nitrogens with one attached hydrogen (secondary N) is 1. The summed E-state index contributed by atoms with van der Waals surface area (Å²) in [4.78, 5) is 42.7. The van der Waals surface area contributed by atoms with Crippen LogP contribution in [0.4, 0.5) is 10.6 Å². The Bertz CT molecular complexity index is 843. The Kier molecular flexibility index (Phi) is 7.74. The van der Waals surface area contributed by atoms with E-state index in [9.17, 15) is 14.4 Å². The second-order valence-corrected chi connectivity index (χ2v) is 9.61. The van der Waals surface area contributed by atoms with Crippen LogP contribution in [0.1, 0.15) is 64.6 Å². The quantitative estimate of drug-likeness (QED) is 0.646. The molecule has 0 radical (unpaired) electrons. The van der Waals surface area contributed by atoms with Crippen LogP contribution in [0.2, 0.25) is 0 Å². The maximum absolute atomic E-state index is 12.7. The molecule has 1 N–H and O–H groups in total. The van der Waals surface area contributed by atoms with Crippen molar-refractivity contribution >= 4 is 23.8 Å². The highest BCUT2D eigenvalue weighted by Gasteiger charge is 2.35. The number of aromatic nitrogens is 1. The molecule has 0 unspecified atom stereocenters. The summed E-state index contributed by atoms with van der Waals surface area (Å²) < 4.78 is 10.4. The first-order chi connectivity index (χ1) is 15.2. The Morgan fingerprint density at radius 1 is 1.22 bits per heavy atom. The number of ether oxygens (including phenoxy) is 2. The van der Waals surface area contributed by atoms with Gasteiger partial charge in [-0.1, -0.05) is 6.07 Å². The van der Waals surface area contributed by atoms with E-state index in [1.165, 1.54) is 0 Å². The summed E-state index contributed by atoms with van der Waals surface area (Å²) in [5.74, 6) is 0.784. The lowest BCUT2D eigenvalue weighted by atomic mass is 9.72. The van der Waals surface area contributed by atoms with Crippen LogP contribution in [-0.2, 0) is 31.9 Å². The number of carbonyl (C=O) groups is 3. The van der Waals surface area contributed by atoms with E-state index in [0.717, 1.165) is 43.4 Å². The van der Waals surface area contributed by atoms with Crippen LogP contribution in [0.15, 0.2) is 12.1 Å². The molecule has 2 heterocycles. The molecule has 0 atom stereocenters. The Hall–Kier alpha value is -2.64. The Morgan fingerprint density at radius 2 is 1.97 bits per heavy atom. The average Bonchev–Trinajstić information content (AvgIpc) is 2.68. The number of hydrogen-bond acceptors (Lipinski definition) is 6. The standard InChI is InChI=1S/C24H35N3O5/c1-5-31-20(28)10-11-25-22(29)18-13-16(14-18)15-19-9-8-17-7-6-12-27(21(17)26-19)23(30)32-24(2,3)4/h8-9,16,18H,5-7,10-15H2,1-4H3,(H,25,29)/t16-,18-. The lowest BCUT2D eigenvalue weighted by Gasteiger charge is -2.35. The van der Waals surface area contributed by atoms with E-state index < -0.39 is 5.60 Å². The second-order valence-electron chi connectivity index (χ2n) is 9.61. The molecule has 1 saturated carbocycles. The number of fused-ring (bicyclic) bond motifs is 1. The van der Waals surface area contributed by atoms with Crippen molar-refractivity contribution in [3.8, 4) is 0 Å². The van der Waals surface area contributed by atoms with Crippen molar-refractivity contribution in [2.45, 2.75) is 71.8 Å². The molecule has 32 heavy (non-hydrogen) atoms. The summed E-state index contributed by atoms with van der Waals surface area (Å²) in [6, 6.07) is 4.09. The lowest BCUT2D eigenvalue weighted by molar-refractivity contribution is -0.143. The molecule has 1 aromatic rings. The number of rotatable bonds is 7. The van der Waals surface area contributed by atoms with Crippen molar-refractivity contribution in [3.05, 3.63) is 23.4 Å². The number of anilines is 1. The fourth-order valence-electron chi connectivity index (χ4n) is 4.16. The van der Waals surface area contributed by atoms with E-state index in [2.05, 4.69) is 11.4 Å². The molecule has 1 aromatic heterocycles. The highest BCUT2D eigenvalue weighted by atomic mass is 16.6. The average molecular weight is 446 g/mol. The number of esters is 1. The summed E-state index contributed by atoms with van der Waals surface area (Å²) in [5.41, 5.74) is 1.45. The van der Waals surface area contributed by atoms with Gasteiger partial charge >= 0.3 is 12.1 Å². The van der Waals surface area contributed by atoms with Crippen LogP contribution in [0.3, 0.4) is 0 Å². The third kappa shape index (κ3) is 6.43. The maximum atomic E-state index is 12.7. The first-order valence-electron chi connectivity index (χ1n) is 11.6. The van der Waals surface area contributed by atoms with E-state index in [-0.39, 0.29) is 30.3 Å². The van der Waals surface area contributed by atoms with Gasteiger partial charge in [-0.3, -0.25) is 14.5 Å². The van der Waals surface area contributed by atoms with E-state index in [4.69, 9.17) is 14.5 Å². The zero-order chi connectivity index (χ0) is 23.3. The number of amides is 2. The normalized spacial score (nSPS) is 20.1. The topological polar surface area (TPSA) is 97.8 Å². The number of pyridine rings is 1. The molecule has 1 aliphatic carbocycles. The minimum absolute atomic E-state index is 0.0000458. The van der Waals surface area contributed by atoms with Crippen LogP contribution in [0, 0.1) is 11.8 Å². The van der Waals surface area contributed by atoms with Gasteiger partial charge < -0.3 is 14.8 Å². The molecule has 1 aliphatic heterocycles. The number of nitrogens with zero attached hydrogens (tertiary/aromatic N) is 2. The van der Waals surface area contributed by atoms with Gasteiger partial charge in [0.1, 0.15) is 11.4 Å². The number of carbonyl (C=O) groups excluding carboxylic acids is 3. The predicted octanol–water partition coefficient (Wildman–Crippen LogP) is 3.41. The van der Waals surface area contributed by atoms with Crippen LogP contribution < -0.4 is 10.2 Å². The first-order valence-corrected chi connectivity index (χ1v) is 11.6. The highest BCUT2D eigenvalue weighted by Crippen LogP contribution is 2.37. The minimum Gasteiger partial charge on any atom is -0.466 e. The molecule has 0 spiro atoms. The zero-order valence-corrected chi connectivity index (χ0v) is 19.6. The molecule has 1 fully saturated rings. The molecule has 0 saturated heterocycles.